The molecule has 0 aliphatic heterocycles. The molecule has 0 fully saturated rings. The average molecular weight is 258 g/mol. The highest BCUT2D eigenvalue weighted by atomic mass is 32.2. The van der Waals surface area contributed by atoms with E-state index in [4.69, 9.17) is 12.2 Å². The van der Waals surface area contributed by atoms with E-state index in [2.05, 4.69) is 43.3 Å². The summed E-state index contributed by atoms with van der Waals surface area (Å²) < 4.78 is 0.937. The van der Waals surface area contributed by atoms with Gasteiger partial charge < -0.3 is 0 Å². The molecule has 0 aliphatic rings. The molecule has 0 atom stereocenters. The first-order valence-electron chi connectivity index (χ1n) is 5.66. The normalized spacial score (nSPS) is 10.2. The zero-order valence-electron chi connectivity index (χ0n) is 9.72. The van der Waals surface area contributed by atoms with E-state index in [-0.39, 0.29) is 0 Å². The van der Waals surface area contributed by atoms with E-state index in [1.807, 2.05) is 18.2 Å². The third-order valence-electron chi connectivity index (χ3n) is 2.57. The number of thioether (sulfide) groups is 1. The molecule has 0 aliphatic carbocycles. The topological polar surface area (TPSA) is 0 Å². The summed E-state index contributed by atoms with van der Waals surface area (Å²) in [7, 11) is 0. The lowest BCUT2D eigenvalue weighted by atomic mass is 10.2. The molecular weight excluding hydrogens is 244 g/mol. The van der Waals surface area contributed by atoms with Crippen molar-refractivity contribution in [2.75, 3.05) is 0 Å². The van der Waals surface area contributed by atoms with Gasteiger partial charge in [-0.3, -0.25) is 0 Å². The van der Waals surface area contributed by atoms with Crippen molar-refractivity contribution < 1.29 is 0 Å². The van der Waals surface area contributed by atoms with Gasteiger partial charge in [0.05, 0.1) is 4.20 Å². The van der Waals surface area contributed by atoms with Crippen molar-refractivity contribution in [1.29, 1.82) is 0 Å². The number of thiocarbonyl (C=S) groups is 1. The molecule has 0 nitrogen and oxygen atoms in total. The maximum absolute atomic E-state index is 5.47. The molecule has 86 valence electrons. The van der Waals surface area contributed by atoms with Gasteiger partial charge in [-0.15, -0.1) is 0 Å². The van der Waals surface area contributed by atoms with Crippen LogP contribution in [-0.2, 0) is 6.42 Å². The lowest BCUT2D eigenvalue weighted by Gasteiger charge is -2.08. The second kappa shape index (κ2) is 5.99. The van der Waals surface area contributed by atoms with Crippen LogP contribution in [0.2, 0.25) is 0 Å². The van der Waals surface area contributed by atoms with Crippen molar-refractivity contribution in [1.82, 2.24) is 0 Å². The second-order valence-corrected chi connectivity index (χ2v) is 5.44. The molecule has 2 aromatic rings. The lowest BCUT2D eigenvalue weighted by Crippen LogP contribution is -1.93. The third kappa shape index (κ3) is 3.18. The van der Waals surface area contributed by atoms with E-state index in [9.17, 15) is 0 Å². The van der Waals surface area contributed by atoms with Crippen LogP contribution in [-0.4, -0.2) is 4.20 Å². The first-order chi connectivity index (χ1) is 8.31. The molecular formula is C15H14S2. The first kappa shape index (κ1) is 12.3. The van der Waals surface area contributed by atoms with Crippen molar-refractivity contribution in [2.45, 2.75) is 18.2 Å². The summed E-state index contributed by atoms with van der Waals surface area (Å²) in [4.78, 5) is 1.27. The summed E-state index contributed by atoms with van der Waals surface area (Å²) in [5.74, 6) is 0. The van der Waals surface area contributed by atoms with E-state index in [1.54, 1.807) is 11.8 Å². The summed E-state index contributed by atoms with van der Waals surface area (Å²) in [6.45, 7) is 2.17. The van der Waals surface area contributed by atoms with Gasteiger partial charge in [0, 0.05) is 4.90 Å². The molecule has 0 heterocycles. The van der Waals surface area contributed by atoms with Crippen LogP contribution in [0.4, 0.5) is 0 Å². The fourth-order valence-electron chi connectivity index (χ4n) is 1.63. The number of hydrogen-bond acceptors (Lipinski definition) is 2. The van der Waals surface area contributed by atoms with E-state index in [0.717, 1.165) is 16.2 Å². The first-order valence-corrected chi connectivity index (χ1v) is 6.89. The van der Waals surface area contributed by atoms with E-state index in [0.29, 0.717) is 0 Å². The molecule has 0 aromatic heterocycles. The van der Waals surface area contributed by atoms with Crippen molar-refractivity contribution in [3.8, 4) is 0 Å². The standard InChI is InChI=1S/C15H14S2/c1-2-12-8-6-7-11-14(12)17-15(16)13-9-4-3-5-10-13/h3-11H,2H2,1H3. The fourth-order valence-corrected chi connectivity index (χ4v) is 2.98. The predicted octanol–water partition coefficient (Wildman–Crippen LogP) is 4.72. The Balaban J connectivity index is 2.19. The number of aryl methyl sites for hydroxylation is 1. The highest BCUT2D eigenvalue weighted by molar-refractivity contribution is 8.23. The van der Waals surface area contributed by atoms with Gasteiger partial charge in [0.15, 0.2) is 0 Å². The summed E-state index contributed by atoms with van der Waals surface area (Å²) in [6, 6.07) is 18.6. The minimum absolute atomic E-state index is 0.937. The zero-order valence-corrected chi connectivity index (χ0v) is 11.4. The fraction of sp³-hybridized carbons (Fsp3) is 0.133. The SMILES string of the molecule is CCc1ccccc1SC(=S)c1ccccc1. The molecule has 0 saturated heterocycles. The van der Waals surface area contributed by atoms with Crippen LogP contribution in [0.3, 0.4) is 0 Å². The molecule has 0 bridgehead atoms. The van der Waals surface area contributed by atoms with E-state index >= 15 is 0 Å². The van der Waals surface area contributed by atoms with E-state index in [1.165, 1.54) is 10.5 Å². The smallest absolute Gasteiger partial charge is 0.0774 e. The summed E-state index contributed by atoms with van der Waals surface area (Å²) in [6.07, 6.45) is 1.04. The second-order valence-electron chi connectivity index (χ2n) is 3.72. The van der Waals surface area contributed by atoms with Crippen LogP contribution in [0.1, 0.15) is 18.1 Å². The molecule has 0 unspecified atom stereocenters. The maximum atomic E-state index is 5.47. The van der Waals surface area contributed by atoms with Gasteiger partial charge in [-0.25, -0.2) is 0 Å². The number of rotatable bonds is 3. The van der Waals surface area contributed by atoms with Gasteiger partial charge in [-0.05, 0) is 23.6 Å². The Kier molecular flexibility index (Phi) is 4.35. The largest absolute Gasteiger partial charge is 0.0826 e. The minimum atomic E-state index is 0.937. The predicted molar refractivity (Wildman–Crippen MR) is 79.8 cm³/mol. The number of hydrogen-bond donors (Lipinski definition) is 0. The maximum Gasteiger partial charge on any atom is 0.0826 e. The molecule has 0 N–H and O–H groups in total. The van der Waals surface area contributed by atoms with Crippen LogP contribution in [0.15, 0.2) is 59.5 Å². The molecule has 2 heteroatoms. The Morgan fingerprint density at radius 2 is 1.65 bits per heavy atom. The molecule has 2 aromatic carbocycles. The van der Waals surface area contributed by atoms with Gasteiger partial charge >= 0.3 is 0 Å². The quantitative estimate of drug-likeness (QED) is 0.577. The van der Waals surface area contributed by atoms with Crippen molar-refractivity contribution in [3.05, 3.63) is 65.7 Å². The molecule has 0 spiro atoms. The molecule has 2 rings (SSSR count). The highest BCUT2D eigenvalue weighted by Crippen LogP contribution is 2.27. The summed E-state index contributed by atoms with van der Waals surface area (Å²) in [5, 5.41) is 0. The van der Waals surface area contributed by atoms with Crippen molar-refractivity contribution in [3.63, 3.8) is 0 Å². The van der Waals surface area contributed by atoms with Crippen LogP contribution < -0.4 is 0 Å². The van der Waals surface area contributed by atoms with Crippen LogP contribution in [0.5, 0.6) is 0 Å². The van der Waals surface area contributed by atoms with Gasteiger partial charge in [0.2, 0.25) is 0 Å². The minimum Gasteiger partial charge on any atom is -0.0774 e. The Morgan fingerprint density at radius 3 is 2.35 bits per heavy atom. The average Bonchev–Trinajstić information content (AvgIpc) is 2.40. The summed E-state index contributed by atoms with van der Waals surface area (Å²) >= 11 is 7.15. The Morgan fingerprint density at radius 1 is 1.00 bits per heavy atom. The van der Waals surface area contributed by atoms with Crippen molar-refractivity contribution >= 4 is 28.2 Å². The van der Waals surface area contributed by atoms with Gasteiger partial charge in [-0.2, -0.15) is 0 Å². The number of benzene rings is 2. The summed E-state index contributed by atoms with van der Waals surface area (Å²) in [5.41, 5.74) is 2.48. The third-order valence-corrected chi connectivity index (χ3v) is 4.09. The Bertz CT molecular complexity index is 503. The van der Waals surface area contributed by atoms with Crippen molar-refractivity contribution in [2.24, 2.45) is 0 Å². The van der Waals surface area contributed by atoms with E-state index < -0.39 is 0 Å². The molecule has 0 saturated carbocycles. The zero-order chi connectivity index (χ0) is 12.1. The lowest BCUT2D eigenvalue weighted by molar-refractivity contribution is 1.08. The van der Waals surface area contributed by atoms with Gasteiger partial charge in [-0.1, -0.05) is 79.4 Å². The van der Waals surface area contributed by atoms with Crippen LogP contribution in [0, 0.1) is 0 Å². The Labute approximate surface area is 112 Å². The highest BCUT2D eigenvalue weighted by Gasteiger charge is 2.06. The molecule has 0 radical (unpaired) electrons. The molecule has 0 amide bonds. The Hall–Kier alpha value is -1.12. The van der Waals surface area contributed by atoms with Crippen LogP contribution >= 0.6 is 24.0 Å². The van der Waals surface area contributed by atoms with Gasteiger partial charge in [0.1, 0.15) is 0 Å². The monoisotopic (exact) mass is 258 g/mol. The molecule has 17 heavy (non-hydrogen) atoms. The van der Waals surface area contributed by atoms with Gasteiger partial charge in [0.25, 0.3) is 0 Å². The van der Waals surface area contributed by atoms with Crippen LogP contribution in [0.25, 0.3) is 0 Å².